The van der Waals surface area contributed by atoms with Crippen molar-refractivity contribution in [3.8, 4) is 0 Å². The van der Waals surface area contributed by atoms with E-state index in [1.165, 1.54) is 0 Å². The van der Waals surface area contributed by atoms with Crippen molar-refractivity contribution < 1.29 is 4.79 Å². The molecular weight excluding hydrogens is 228 g/mol. The fraction of sp³-hybridized carbons (Fsp3) is 0.385. The number of aromatic nitrogens is 2. The number of rotatable bonds is 4. The summed E-state index contributed by atoms with van der Waals surface area (Å²) in [5, 5.41) is 4.22. The van der Waals surface area contributed by atoms with Crippen LogP contribution in [0.2, 0.25) is 0 Å². The molecule has 0 unspecified atom stereocenters. The summed E-state index contributed by atoms with van der Waals surface area (Å²) < 4.78 is 1.91. The van der Waals surface area contributed by atoms with E-state index in [1.54, 1.807) is 25.2 Å². The topological polar surface area (TPSA) is 50.2 Å². The first kappa shape index (κ1) is 12.6. The number of pyridine rings is 1. The summed E-state index contributed by atoms with van der Waals surface area (Å²) in [4.78, 5) is 17.7. The van der Waals surface area contributed by atoms with Crippen LogP contribution in [-0.2, 0) is 17.9 Å². The average Bonchev–Trinajstić information content (AvgIpc) is 2.69. The van der Waals surface area contributed by atoms with Gasteiger partial charge in [0.2, 0.25) is 5.91 Å². The Kier molecular flexibility index (Phi) is 3.62. The van der Waals surface area contributed by atoms with E-state index >= 15 is 0 Å². The van der Waals surface area contributed by atoms with Crippen LogP contribution in [0.3, 0.4) is 0 Å². The molecule has 0 saturated heterocycles. The summed E-state index contributed by atoms with van der Waals surface area (Å²) in [5.74, 6) is 0.0635. The molecule has 2 heterocycles. The van der Waals surface area contributed by atoms with Gasteiger partial charge >= 0.3 is 0 Å². The van der Waals surface area contributed by atoms with Crippen LogP contribution >= 0.6 is 0 Å². The Hall–Kier alpha value is -1.88. The van der Waals surface area contributed by atoms with E-state index in [0.717, 1.165) is 23.1 Å². The zero-order valence-corrected chi connectivity index (χ0v) is 11.0. The maximum atomic E-state index is 11.8. The molecule has 18 heavy (non-hydrogen) atoms. The van der Waals surface area contributed by atoms with Gasteiger partial charge in [0.25, 0.3) is 0 Å². The quantitative estimate of drug-likeness (QED) is 0.870. The molecule has 0 aliphatic heterocycles. The summed E-state index contributed by atoms with van der Waals surface area (Å²) in [6.07, 6.45) is 3.75. The van der Waals surface area contributed by atoms with Gasteiger partial charge in [-0.3, -0.25) is 4.79 Å². The maximum Gasteiger partial charge on any atom is 0.242 e. The van der Waals surface area contributed by atoms with E-state index < -0.39 is 0 Å². The molecule has 2 aromatic rings. The molecule has 1 amide bonds. The van der Waals surface area contributed by atoms with Crippen LogP contribution in [0.15, 0.2) is 24.5 Å². The van der Waals surface area contributed by atoms with Crippen molar-refractivity contribution in [2.24, 2.45) is 0 Å². The molecule has 5 nitrogen and oxygen atoms in total. The summed E-state index contributed by atoms with van der Waals surface area (Å²) in [5.41, 5.74) is 2.02. The molecule has 0 aliphatic rings. The smallest absolute Gasteiger partial charge is 0.242 e. The molecule has 0 radical (unpaired) electrons. The van der Waals surface area contributed by atoms with E-state index in [4.69, 9.17) is 0 Å². The second-order valence-corrected chi connectivity index (χ2v) is 4.48. The van der Waals surface area contributed by atoms with Gasteiger partial charge in [-0.1, -0.05) is 0 Å². The molecule has 96 valence electrons. The van der Waals surface area contributed by atoms with E-state index in [9.17, 15) is 4.79 Å². The normalized spacial score (nSPS) is 10.8. The van der Waals surface area contributed by atoms with Gasteiger partial charge in [-0.25, -0.2) is 4.98 Å². The van der Waals surface area contributed by atoms with Gasteiger partial charge < -0.3 is 14.8 Å². The number of carbonyl (C=O) groups excluding carboxylic acids is 1. The molecule has 2 aromatic heterocycles. The Bertz CT molecular complexity index is 559. The Morgan fingerprint density at radius 2 is 2.28 bits per heavy atom. The third-order valence-corrected chi connectivity index (χ3v) is 2.89. The molecule has 0 aromatic carbocycles. The molecule has 0 fully saturated rings. The van der Waals surface area contributed by atoms with Gasteiger partial charge in [0.15, 0.2) is 0 Å². The highest BCUT2D eigenvalue weighted by molar-refractivity contribution is 5.83. The van der Waals surface area contributed by atoms with Crippen LogP contribution in [0.25, 0.3) is 11.0 Å². The summed E-state index contributed by atoms with van der Waals surface area (Å²) >= 11 is 0. The van der Waals surface area contributed by atoms with Crippen molar-refractivity contribution in [1.29, 1.82) is 0 Å². The number of carbonyl (C=O) groups is 1. The molecule has 0 spiro atoms. The minimum absolute atomic E-state index is 0.0635. The van der Waals surface area contributed by atoms with Gasteiger partial charge in [0.05, 0.1) is 0 Å². The van der Waals surface area contributed by atoms with Gasteiger partial charge in [-0.2, -0.15) is 0 Å². The number of hydrogen-bond acceptors (Lipinski definition) is 3. The van der Waals surface area contributed by atoms with Gasteiger partial charge in [0.1, 0.15) is 12.2 Å². The predicted molar refractivity (Wildman–Crippen MR) is 71.2 cm³/mol. The summed E-state index contributed by atoms with van der Waals surface area (Å²) in [7, 11) is 5.43. The highest BCUT2D eigenvalue weighted by Gasteiger charge is 2.12. The second-order valence-electron chi connectivity index (χ2n) is 4.48. The zero-order chi connectivity index (χ0) is 13.1. The molecule has 2 rings (SSSR count). The number of fused-ring (bicyclic) bond motifs is 1. The molecule has 1 N–H and O–H groups in total. The van der Waals surface area contributed by atoms with Crippen molar-refractivity contribution in [3.63, 3.8) is 0 Å². The minimum Gasteiger partial charge on any atom is -0.347 e. The van der Waals surface area contributed by atoms with Crippen LogP contribution in [0.4, 0.5) is 0 Å². The van der Waals surface area contributed by atoms with Crippen LogP contribution in [-0.4, -0.2) is 41.5 Å². The van der Waals surface area contributed by atoms with Gasteiger partial charge in [0, 0.05) is 38.4 Å². The first-order chi connectivity index (χ1) is 8.63. The number of likely N-dealkylation sites (N-methyl/N-ethyl adjacent to an activating group) is 1. The molecule has 0 bridgehead atoms. The van der Waals surface area contributed by atoms with E-state index in [-0.39, 0.29) is 5.91 Å². The third-order valence-electron chi connectivity index (χ3n) is 2.89. The first-order valence-corrected chi connectivity index (χ1v) is 5.91. The zero-order valence-electron chi connectivity index (χ0n) is 11.0. The Balaban J connectivity index is 2.41. The maximum absolute atomic E-state index is 11.8. The van der Waals surface area contributed by atoms with Crippen molar-refractivity contribution in [2.75, 3.05) is 21.1 Å². The Morgan fingerprint density at radius 1 is 1.50 bits per heavy atom. The summed E-state index contributed by atoms with van der Waals surface area (Å²) in [6.45, 7) is 1.09. The van der Waals surface area contributed by atoms with Gasteiger partial charge in [-0.05, 0) is 24.7 Å². The average molecular weight is 246 g/mol. The van der Waals surface area contributed by atoms with Crippen LogP contribution in [0, 0.1) is 0 Å². The fourth-order valence-electron chi connectivity index (χ4n) is 1.93. The van der Waals surface area contributed by atoms with Crippen LogP contribution in [0.5, 0.6) is 0 Å². The first-order valence-electron chi connectivity index (χ1n) is 5.91. The van der Waals surface area contributed by atoms with Crippen LogP contribution < -0.4 is 5.32 Å². The highest BCUT2D eigenvalue weighted by atomic mass is 16.2. The number of hydrogen-bond donors (Lipinski definition) is 1. The van der Waals surface area contributed by atoms with Crippen molar-refractivity contribution in [3.05, 3.63) is 30.1 Å². The van der Waals surface area contributed by atoms with Crippen molar-refractivity contribution >= 4 is 16.9 Å². The number of nitrogens with zero attached hydrogens (tertiary/aromatic N) is 3. The van der Waals surface area contributed by atoms with Gasteiger partial charge in [-0.15, -0.1) is 0 Å². The molecule has 0 saturated carbocycles. The lowest BCUT2D eigenvalue weighted by Gasteiger charge is -2.11. The van der Waals surface area contributed by atoms with E-state index in [0.29, 0.717) is 6.54 Å². The van der Waals surface area contributed by atoms with Crippen molar-refractivity contribution in [1.82, 2.24) is 19.8 Å². The Morgan fingerprint density at radius 3 is 2.94 bits per heavy atom. The number of nitrogens with one attached hydrogen (secondary N) is 1. The predicted octanol–water partition coefficient (Wildman–Crippen LogP) is 0.844. The SMILES string of the molecule is CNCc1cn(CC(=O)N(C)C)c2ncccc12. The molecule has 0 atom stereocenters. The molecule has 5 heteroatoms. The highest BCUT2D eigenvalue weighted by Crippen LogP contribution is 2.19. The lowest BCUT2D eigenvalue weighted by molar-refractivity contribution is -0.129. The van der Waals surface area contributed by atoms with E-state index in [2.05, 4.69) is 10.3 Å². The minimum atomic E-state index is 0.0635. The second kappa shape index (κ2) is 5.18. The largest absolute Gasteiger partial charge is 0.347 e. The summed E-state index contributed by atoms with van der Waals surface area (Å²) in [6, 6.07) is 3.95. The fourth-order valence-corrected chi connectivity index (χ4v) is 1.93. The Labute approximate surface area is 106 Å². The molecular formula is C13H18N4O. The third kappa shape index (κ3) is 2.36. The van der Waals surface area contributed by atoms with Crippen LogP contribution in [0.1, 0.15) is 5.56 Å². The monoisotopic (exact) mass is 246 g/mol. The molecule has 0 aliphatic carbocycles. The van der Waals surface area contributed by atoms with Crippen molar-refractivity contribution in [2.45, 2.75) is 13.1 Å². The number of amides is 1. The lowest BCUT2D eigenvalue weighted by atomic mass is 10.2. The standard InChI is InChI=1S/C13H18N4O/c1-14-7-10-8-17(9-12(18)16(2)3)13-11(10)5-4-6-15-13/h4-6,8,14H,7,9H2,1-3H3. The van der Waals surface area contributed by atoms with E-state index in [1.807, 2.05) is 29.9 Å². The lowest BCUT2D eigenvalue weighted by Crippen LogP contribution is -2.26.